The molecule has 3 unspecified atom stereocenters. The highest BCUT2D eigenvalue weighted by Crippen LogP contribution is 2.37. The molecule has 1 aliphatic carbocycles. The SMILES string of the molecule is NC1CCC2CN(Cc3c(F)cccc3F)CC12. The van der Waals surface area contributed by atoms with Gasteiger partial charge in [0.2, 0.25) is 0 Å². The minimum atomic E-state index is -0.448. The zero-order valence-electron chi connectivity index (χ0n) is 10.3. The smallest absolute Gasteiger partial charge is 0.130 e. The molecule has 3 atom stereocenters. The summed E-state index contributed by atoms with van der Waals surface area (Å²) in [7, 11) is 0. The van der Waals surface area contributed by atoms with Crippen LogP contribution in [0.1, 0.15) is 18.4 Å². The molecule has 0 radical (unpaired) electrons. The van der Waals surface area contributed by atoms with E-state index in [1.807, 2.05) is 0 Å². The number of likely N-dealkylation sites (tertiary alicyclic amines) is 1. The Bertz CT molecular complexity index is 429. The van der Waals surface area contributed by atoms with Crippen molar-refractivity contribution in [3.8, 4) is 0 Å². The lowest BCUT2D eigenvalue weighted by Gasteiger charge is -2.19. The summed E-state index contributed by atoms with van der Waals surface area (Å²) in [5, 5.41) is 0. The predicted octanol–water partition coefficient (Wildman–Crippen LogP) is 2.13. The molecule has 1 aromatic rings. The zero-order valence-corrected chi connectivity index (χ0v) is 10.3. The van der Waals surface area contributed by atoms with Crippen LogP contribution < -0.4 is 5.73 Å². The van der Waals surface area contributed by atoms with Crippen molar-refractivity contribution in [1.82, 2.24) is 4.90 Å². The first-order chi connectivity index (χ1) is 8.65. The summed E-state index contributed by atoms with van der Waals surface area (Å²) >= 11 is 0. The van der Waals surface area contributed by atoms with E-state index >= 15 is 0 Å². The van der Waals surface area contributed by atoms with Crippen molar-refractivity contribution < 1.29 is 8.78 Å². The second-order valence-corrected chi connectivity index (χ2v) is 5.56. The summed E-state index contributed by atoms with van der Waals surface area (Å²) in [6, 6.07) is 4.32. The van der Waals surface area contributed by atoms with Gasteiger partial charge in [0.1, 0.15) is 11.6 Å². The number of nitrogens with two attached hydrogens (primary N) is 1. The standard InChI is InChI=1S/C14H18F2N2/c15-12-2-1-3-13(16)11(12)8-18-6-9-4-5-14(17)10(9)7-18/h1-3,9-10,14H,4-8,17H2. The molecule has 2 aliphatic rings. The fourth-order valence-electron chi connectivity index (χ4n) is 3.44. The lowest BCUT2D eigenvalue weighted by molar-refractivity contribution is 0.288. The van der Waals surface area contributed by atoms with Gasteiger partial charge in [-0.1, -0.05) is 6.07 Å². The van der Waals surface area contributed by atoms with Gasteiger partial charge < -0.3 is 5.73 Å². The largest absolute Gasteiger partial charge is 0.327 e. The molecule has 3 rings (SSSR count). The van der Waals surface area contributed by atoms with Crippen molar-refractivity contribution in [2.75, 3.05) is 13.1 Å². The summed E-state index contributed by atoms with van der Waals surface area (Å²) in [5.74, 6) is 0.238. The Morgan fingerprint density at radius 2 is 1.89 bits per heavy atom. The molecule has 0 spiro atoms. The van der Waals surface area contributed by atoms with Crippen LogP contribution in [-0.2, 0) is 6.54 Å². The predicted molar refractivity (Wildman–Crippen MR) is 65.8 cm³/mol. The van der Waals surface area contributed by atoms with Crippen molar-refractivity contribution in [3.05, 3.63) is 35.4 Å². The molecule has 1 saturated heterocycles. The molecule has 98 valence electrons. The van der Waals surface area contributed by atoms with Gasteiger partial charge in [-0.25, -0.2) is 8.78 Å². The Balaban J connectivity index is 1.72. The van der Waals surface area contributed by atoms with Crippen LogP contribution in [-0.4, -0.2) is 24.0 Å². The number of hydrogen-bond acceptors (Lipinski definition) is 2. The molecule has 2 fully saturated rings. The third-order valence-electron chi connectivity index (χ3n) is 4.43. The molecule has 1 aromatic carbocycles. The molecule has 2 N–H and O–H groups in total. The monoisotopic (exact) mass is 252 g/mol. The molecule has 4 heteroatoms. The maximum absolute atomic E-state index is 13.6. The Morgan fingerprint density at radius 1 is 1.17 bits per heavy atom. The summed E-state index contributed by atoms with van der Waals surface area (Å²) in [4.78, 5) is 2.13. The summed E-state index contributed by atoms with van der Waals surface area (Å²) in [5.41, 5.74) is 6.25. The normalized spacial score (nSPS) is 31.8. The molecule has 1 saturated carbocycles. The first-order valence-corrected chi connectivity index (χ1v) is 6.56. The van der Waals surface area contributed by atoms with Gasteiger partial charge >= 0.3 is 0 Å². The van der Waals surface area contributed by atoms with Crippen LogP contribution in [0.25, 0.3) is 0 Å². The minimum Gasteiger partial charge on any atom is -0.327 e. The fourth-order valence-corrected chi connectivity index (χ4v) is 3.44. The van der Waals surface area contributed by atoms with E-state index in [1.54, 1.807) is 0 Å². The summed E-state index contributed by atoms with van der Waals surface area (Å²) in [6.07, 6.45) is 2.25. The van der Waals surface area contributed by atoms with Gasteiger partial charge in [-0.3, -0.25) is 4.90 Å². The summed E-state index contributed by atoms with van der Waals surface area (Å²) < 4.78 is 27.2. The Morgan fingerprint density at radius 3 is 2.56 bits per heavy atom. The molecule has 0 bridgehead atoms. The molecule has 18 heavy (non-hydrogen) atoms. The fraction of sp³-hybridized carbons (Fsp3) is 0.571. The van der Waals surface area contributed by atoms with E-state index in [4.69, 9.17) is 5.73 Å². The van der Waals surface area contributed by atoms with E-state index in [2.05, 4.69) is 4.90 Å². The van der Waals surface area contributed by atoms with E-state index in [9.17, 15) is 8.78 Å². The van der Waals surface area contributed by atoms with Crippen LogP contribution in [0.3, 0.4) is 0 Å². The number of hydrogen-bond donors (Lipinski definition) is 1. The maximum Gasteiger partial charge on any atom is 0.130 e. The minimum absolute atomic E-state index is 0.186. The van der Waals surface area contributed by atoms with Crippen LogP contribution in [0.15, 0.2) is 18.2 Å². The zero-order chi connectivity index (χ0) is 12.7. The van der Waals surface area contributed by atoms with Gasteiger partial charge in [0.25, 0.3) is 0 Å². The lowest BCUT2D eigenvalue weighted by Crippen LogP contribution is -2.30. The number of fused-ring (bicyclic) bond motifs is 1. The highest BCUT2D eigenvalue weighted by Gasteiger charge is 2.40. The van der Waals surface area contributed by atoms with Gasteiger partial charge in [0.05, 0.1) is 0 Å². The van der Waals surface area contributed by atoms with E-state index in [1.165, 1.54) is 18.2 Å². The molecule has 0 aromatic heterocycles. The third-order valence-corrected chi connectivity index (χ3v) is 4.43. The number of nitrogens with zero attached hydrogens (tertiary/aromatic N) is 1. The van der Waals surface area contributed by atoms with Crippen molar-refractivity contribution in [2.24, 2.45) is 17.6 Å². The molecule has 2 nitrogen and oxygen atoms in total. The average molecular weight is 252 g/mol. The van der Waals surface area contributed by atoms with Crippen molar-refractivity contribution in [2.45, 2.75) is 25.4 Å². The average Bonchev–Trinajstić information content (AvgIpc) is 2.87. The second kappa shape index (κ2) is 4.59. The third kappa shape index (κ3) is 2.04. The van der Waals surface area contributed by atoms with Crippen molar-refractivity contribution >= 4 is 0 Å². The molecular formula is C14H18F2N2. The Kier molecular flexibility index (Phi) is 3.08. The maximum atomic E-state index is 13.6. The van der Waals surface area contributed by atoms with Gasteiger partial charge in [-0.15, -0.1) is 0 Å². The first-order valence-electron chi connectivity index (χ1n) is 6.56. The van der Waals surface area contributed by atoms with Crippen LogP contribution in [0, 0.1) is 23.5 Å². The molecule has 1 aliphatic heterocycles. The van der Waals surface area contributed by atoms with Crippen molar-refractivity contribution in [1.29, 1.82) is 0 Å². The molecule has 1 heterocycles. The van der Waals surface area contributed by atoms with Gasteiger partial charge in [0, 0.05) is 31.2 Å². The Hall–Kier alpha value is -1.00. The van der Waals surface area contributed by atoms with E-state index in [0.29, 0.717) is 18.4 Å². The van der Waals surface area contributed by atoms with Gasteiger partial charge in [-0.2, -0.15) is 0 Å². The van der Waals surface area contributed by atoms with E-state index < -0.39 is 11.6 Å². The molecular weight excluding hydrogens is 234 g/mol. The van der Waals surface area contributed by atoms with Crippen LogP contribution in [0.5, 0.6) is 0 Å². The number of rotatable bonds is 2. The number of halogens is 2. The lowest BCUT2D eigenvalue weighted by atomic mass is 9.98. The topological polar surface area (TPSA) is 29.3 Å². The van der Waals surface area contributed by atoms with Gasteiger partial charge in [-0.05, 0) is 36.8 Å². The highest BCUT2D eigenvalue weighted by molar-refractivity contribution is 5.20. The second-order valence-electron chi connectivity index (χ2n) is 5.56. The Labute approximate surface area is 106 Å². The van der Waals surface area contributed by atoms with E-state index in [0.717, 1.165) is 25.9 Å². The quantitative estimate of drug-likeness (QED) is 0.873. The molecule has 0 amide bonds. The van der Waals surface area contributed by atoms with Crippen LogP contribution >= 0.6 is 0 Å². The van der Waals surface area contributed by atoms with Crippen LogP contribution in [0.4, 0.5) is 8.78 Å². The van der Waals surface area contributed by atoms with Crippen molar-refractivity contribution in [3.63, 3.8) is 0 Å². The van der Waals surface area contributed by atoms with Gasteiger partial charge in [0.15, 0.2) is 0 Å². The summed E-state index contributed by atoms with van der Waals surface area (Å²) in [6.45, 7) is 2.16. The first kappa shape index (κ1) is 12.1. The van der Waals surface area contributed by atoms with Crippen LogP contribution in [0.2, 0.25) is 0 Å². The van der Waals surface area contributed by atoms with E-state index in [-0.39, 0.29) is 11.6 Å². The number of benzene rings is 1. The highest BCUT2D eigenvalue weighted by atomic mass is 19.1.